The molecule has 0 aliphatic carbocycles. The van der Waals surface area contributed by atoms with Crippen molar-refractivity contribution in [3.8, 4) is 0 Å². The summed E-state index contributed by atoms with van der Waals surface area (Å²) in [4.78, 5) is 45.8. The Balaban J connectivity index is 1.85. The van der Waals surface area contributed by atoms with E-state index in [-0.39, 0.29) is 41.8 Å². The average Bonchev–Trinajstić information content (AvgIpc) is 3.48. The number of fused-ring (bicyclic) bond motifs is 1. The molecule has 1 N–H and O–H groups in total. The van der Waals surface area contributed by atoms with E-state index in [1.54, 1.807) is 17.9 Å². The van der Waals surface area contributed by atoms with E-state index < -0.39 is 47.1 Å². The molecule has 3 saturated heterocycles. The van der Waals surface area contributed by atoms with Gasteiger partial charge in [-0.3, -0.25) is 14.4 Å². The van der Waals surface area contributed by atoms with Crippen LogP contribution in [0.2, 0.25) is 0 Å². The van der Waals surface area contributed by atoms with Crippen LogP contribution in [0.25, 0.3) is 0 Å². The molecule has 3 heterocycles. The minimum absolute atomic E-state index is 0.0750. The number of halogens is 1. The van der Waals surface area contributed by atoms with Crippen LogP contribution in [0.3, 0.4) is 0 Å². The van der Waals surface area contributed by atoms with Gasteiger partial charge in [-0.25, -0.2) is 0 Å². The highest BCUT2D eigenvalue weighted by Gasteiger charge is 2.77. The van der Waals surface area contributed by atoms with Crippen molar-refractivity contribution in [2.24, 2.45) is 17.3 Å². The molecule has 8 nitrogen and oxygen atoms in total. The first kappa shape index (κ1) is 31.7. The van der Waals surface area contributed by atoms with Gasteiger partial charge in [0.15, 0.2) is 0 Å². The topological polar surface area (TPSA) is 96.4 Å². The van der Waals surface area contributed by atoms with Gasteiger partial charge >= 0.3 is 5.97 Å². The largest absolute Gasteiger partial charge is 0.466 e. The van der Waals surface area contributed by atoms with E-state index >= 15 is 0 Å². The summed E-state index contributed by atoms with van der Waals surface area (Å²) in [5.41, 5.74) is -0.951. The summed E-state index contributed by atoms with van der Waals surface area (Å²) in [6.07, 6.45) is 2.57. The molecule has 7 atom stereocenters. The number of carbonyl (C=O) groups is 3. The maximum absolute atomic E-state index is 14.9. The maximum atomic E-state index is 14.9. The standard InChI is InChI=1S/C32H45BrN2O6/c1-8-15-34(31(6,7)19-30(3,4)5)28(38)26-32-17-22(33)25(41-32)23(29(39)40-9-2)24(32)27(37)35(26)21(18-36)16-20-13-11-10-12-14-20/h8,10-14,21-26,36H,1,9,15-19H2,2-7H3/t21-,22?,23+,24+,25+,26?,32?/m1/s1. The third-order valence-corrected chi connectivity index (χ3v) is 9.55. The Hall–Kier alpha value is -2.23. The molecular formula is C32H45BrN2O6. The predicted octanol–water partition coefficient (Wildman–Crippen LogP) is 4.13. The second kappa shape index (κ2) is 11.8. The number of nitrogens with zero attached hydrogens (tertiary/aromatic N) is 2. The Bertz CT molecular complexity index is 1150. The summed E-state index contributed by atoms with van der Waals surface area (Å²) in [6.45, 7) is 16.2. The average molecular weight is 634 g/mol. The number of aliphatic hydroxyl groups excluding tert-OH is 1. The molecule has 0 radical (unpaired) electrons. The van der Waals surface area contributed by atoms with Gasteiger partial charge in [0.1, 0.15) is 11.6 Å². The first-order valence-electron chi connectivity index (χ1n) is 14.6. The number of hydrogen-bond acceptors (Lipinski definition) is 6. The molecule has 41 heavy (non-hydrogen) atoms. The van der Waals surface area contributed by atoms with Gasteiger partial charge in [-0.05, 0) is 51.0 Å². The number of aliphatic hydroxyl groups is 1. The van der Waals surface area contributed by atoms with Crippen LogP contribution in [0, 0.1) is 17.3 Å². The zero-order chi connectivity index (χ0) is 30.3. The molecule has 2 bridgehead atoms. The summed E-state index contributed by atoms with van der Waals surface area (Å²) < 4.78 is 12.1. The lowest BCUT2D eigenvalue weighted by Crippen LogP contribution is -2.63. The monoisotopic (exact) mass is 632 g/mol. The number of likely N-dealkylation sites (tertiary alicyclic amines) is 1. The minimum atomic E-state index is -1.23. The maximum Gasteiger partial charge on any atom is 0.312 e. The summed E-state index contributed by atoms with van der Waals surface area (Å²) in [5.74, 6) is -2.81. The zero-order valence-electron chi connectivity index (χ0n) is 25.1. The lowest BCUT2D eigenvalue weighted by atomic mass is 9.70. The summed E-state index contributed by atoms with van der Waals surface area (Å²) in [5, 5.41) is 10.7. The van der Waals surface area contributed by atoms with Crippen molar-refractivity contribution >= 4 is 33.7 Å². The Morgan fingerprint density at radius 3 is 2.49 bits per heavy atom. The van der Waals surface area contributed by atoms with E-state index in [4.69, 9.17) is 9.47 Å². The number of amides is 2. The van der Waals surface area contributed by atoms with Crippen molar-refractivity contribution in [1.82, 2.24) is 9.80 Å². The van der Waals surface area contributed by atoms with Crippen LogP contribution < -0.4 is 0 Å². The molecule has 4 rings (SSSR count). The SMILES string of the molecule is C=CCN(C(=O)C1N([C@@H](CO)Cc2ccccc2)C(=O)[C@@H]2[C@H](C(=O)OCC)[C@H]3OC12CC3Br)C(C)(C)CC(C)(C)C. The smallest absolute Gasteiger partial charge is 0.312 e. The Labute approximate surface area is 252 Å². The van der Waals surface area contributed by atoms with Crippen molar-refractivity contribution in [1.29, 1.82) is 0 Å². The van der Waals surface area contributed by atoms with Crippen molar-refractivity contribution in [2.75, 3.05) is 19.8 Å². The minimum Gasteiger partial charge on any atom is -0.466 e. The number of alkyl halides is 1. The summed E-state index contributed by atoms with van der Waals surface area (Å²) in [7, 11) is 0. The van der Waals surface area contributed by atoms with Gasteiger partial charge in [-0.15, -0.1) is 6.58 Å². The molecule has 0 aromatic heterocycles. The van der Waals surface area contributed by atoms with Crippen LogP contribution in [0.15, 0.2) is 43.0 Å². The summed E-state index contributed by atoms with van der Waals surface area (Å²) >= 11 is 3.70. The fourth-order valence-corrected chi connectivity index (χ4v) is 8.63. The third-order valence-electron chi connectivity index (χ3n) is 8.71. The molecule has 1 aromatic rings. The molecule has 1 spiro atoms. The molecule has 1 aromatic carbocycles. The number of hydrogen-bond donors (Lipinski definition) is 1. The van der Waals surface area contributed by atoms with Crippen molar-refractivity contribution < 1.29 is 29.0 Å². The van der Waals surface area contributed by atoms with Gasteiger partial charge in [0.25, 0.3) is 0 Å². The van der Waals surface area contributed by atoms with E-state index in [9.17, 15) is 19.5 Å². The Morgan fingerprint density at radius 2 is 1.93 bits per heavy atom. The van der Waals surface area contributed by atoms with Crippen LogP contribution in [0.5, 0.6) is 0 Å². The van der Waals surface area contributed by atoms with Crippen molar-refractivity contribution in [3.05, 3.63) is 48.6 Å². The third kappa shape index (κ3) is 5.74. The summed E-state index contributed by atoms with van der Waals surface area (Å²) in [6, 6.07) is 7.89. The molecule has 3 aliphatic heterocycles. The number of ether oxygens (including phenoxy) is 2. The van der Waals surface area contributed by atoms with Crippen molar-refractivity contribution in [3.63, 3.8) is 0 Å². The van der Waals surface area contributed by atoms with Crippen LogP contribution in [0.1, 0.15) is 59.9 Å². The first-order valence-corrected chi connectivity index (χ1v) is 15.5. The highest BCUT2D eigenvalue weighted by molar-refractivity contribution is 9.09. The lowest BCUT2D eigenvalue weighted by Gasteiger charge is -2.46. The zero-order valence-corrected chi connectivity index (χ0v) is 26.7. The molecule has 0 saturated carbocycles. The first-order chi connectivity index (χ1) is 19.2. The van der Waals surface area contributed by atoms with E-state index in [0.717, 1.165) is 5.56 Å². The fraction of sp³-hybridized carbons (Fsp3) is 0.656. The van der Waals surface area contributed by atoms with Gasteiger partial charge < -0.3 is 24.4 Å². The van der Waals surface area contributed by atoms with Crippen LogP contribution >= 0.6 is 15.9 Å². The Kier molecular flexibility index (Phi) is 9.13. The van der Waals surface area contributed by atoms with Gasteiger partial charge in [0.05, 0.1) is 37.2 Å². The van der Waals surface area contributed by atoms with Crippen LogP contribution in [-0.4, -0.2) is 86.6 Å². The number of carbonyl (C=O) groups excluding carboxylic acids is 3. The fourth-order valence-electron chi connectivity index (χ4n) is 7.69. The number of esters is 1. The van der Waals surface area contributed by atoms with Crippen molar-refractivity contribution in [2.45, 2.75) is 95.0 Å². The molecule has 2 amide bonds. The van der Waals surface area contributed by atoms with E-state index in [0.29, 0.717) is 19.3 Å². The Morgan fingerprint density at radius 1 is 1.27 bits per heavy atom. The number of benzene rings is 1. The van der Waals surface area contributed by atoms with Gasteiger partial charge in [-0.2, -0.15) is 0 Å². The van der Waals surface area contributed by atoms with Crippen LogP contribution in [-0.2, 0) is 30.3 Å². The van der Waals surface area contributed by atoms with Gasteiger partial charge in [0, 0.05) is 16.9 Å². The molecule has 3 fully saturated rings. The van der Waals surface area contributed by atoms with Crippen LogP contribution in [0.4, 0.5) is 0 Å². The molecule has 226 valence electrons. The molecular weight excluding hydrogens is 588 g/mol. The normalized spacial score (nSPS) is 29.8. The van der Waals surface area contributed by atoms with E-state index in [1.807, 2.05) is 44.2 Å². The van der Waals surface area contributed by atoms with E-state index in [1.165, 1.54) is 4.90 Å². The molecule has 3 aliphatic rings. The second-order valence-corrected chi connectivity index (χ2v) is 14.7. The second-order valence-electron chi connectivity index (χ2n) is 13.5. The molecule has 9 heteroatoms. The molecule has 3 unspecified atom stereocenters. The van der Waals surface area contributed by atoms with Gasteiger partial charge in [0.2, 0.25) is 11.8 Å². The predicted molar refractivity (Wildman–Crippen MR) is 160 cm³/mol. The van der Waals surface area contributed by atoms with Gasteiger partial charge in [-0.1, -0.05) is 73.1 Å². The lowest BCUT2D eigenvalue weighted by molar-refractivity contribution is -0.157. The number of rotatable bonds is 11. The highest BCUT2D eigenvalue weighted by Crippen LogP contribution is 2.61. The highest BCUT2D eigenvalue weighted by atomic mass is 79.9. The quantitative estimate of drug-likeness (QED) is 0.224. The van der Waals surface area contributed by atoms with E-state index in [2.05, 4.69) is 43.3 Å².